The topological polar surface area (TPSA) is 50.4 Å². The minimum atomic E-state index is -0.461. The van der Waals surface area contributed by atoms with Gasteiger partial charge in [0.05, 0.1) is 17.7 Å². The summed E-state index contributed by atoms with van der Waals surface area (Å²) in [5.41, 5.74) is 6.01. The van der Waals surface area contributed by atoms with Gasteiger partial charge in [0.15, 0.2) is 5.11 Å². The van der Waals surface area contributed by atoms with Crippen molar-refractivity contribution in [2.45, 2.75) is 6.42 Å². The summed E-state index contributed by atoms with van der Waals surface area (Å²) in [7, 11) is 1.44. The standard InChI is InChI=1S/C22H16Cl2N2O2S/c1-28-20-18(10-14(23)11-19(20)24)21(27)26-22(29)25-15-6-7-17-13(9-15)8-12-4-2-3-5-16(12)17/h2-7,9-11H,8H2,1H3,(H2,25,26,27,29). The van der Waals surface area contributed by atoms with E-state index in [1.165, 1.54) is 41.5 Å². The molecule has 0 atom stereocenters. The number of hydrogen-bond acceptors (Lipinski definition) is 3. The van der Waals surface area contributed by atoms with Crippen molar-refractivity contribution >= 4 is 52.1 Å². The second-order valence-corrected chi connectivity index (χ2v) is 7.83. The van der Waals surface area contributed by atoms with Gasteiger partial charge in [0.1, 0.15) is 5.75 Å². The lowest BCUT2D eigenvalue weighted by Gasteiger charge is -2.13. The van der Waals surface area contributed by atoms with E-state index >= 15 is 0 Å². The fourth-order valence-corrected chi connectivity index (χ4v) is 4.27. The van der Waals surface area contributed by atoms with Gasteiger partial charge in [-0.05, 0) is 65.2 Å². The van der Waals surface area contributed by atoms with Crippen molar-refractivity contribution in [1.29, 1.82) is 0 Å². The molecule has 0 heterocycles. The van der Waals surface area contributed by atoms with Crippen molar-refractivity contribution in [2.75, 3.05) is 12.4 Å². The van der Waals surface area contributed by atoms with Crippen molar-refractivity contribution in [3.8, 4) is 16.9 Å². The second kappa shape index (κ2) is 8.03. The predicted octanol–water partition coefficient (Wildman–Crippen LogP) is 5.70. The number of rotatable bonds is 3. The van der Waals surface area contributed by atoms with Gasteiger partial charge >= 0.3 is 0 Å². The van der Waals surface area contributed by atoms with Crippen molar-refractivity contribution in [3.05, 3.63) is 81.3 Å². The zero-order valence-corrected chi connectivity index (χ0v) is 17.7. The largest absolute Gasteiger partial charge is 0.494 e. The van der Waals surface area contributed by atoms with E-state index in [0.29, 0.717) is 5.02 Å². The van der Waals surface area contributed by atoms with Gasteiger partial charge in [-0.1, -0.05) is 53.5 Å². The number of ether oxygens (including phenoxy) is 1. The van der Waals surface area contributed by atoms with Crippen molar-refractivity contribution in [1.82, 2.24) is 5.32 Å². The Morgan fingerprint density at radius 3 is 2.59 bits per heavy atom. The Bertz CT molecular complexity index is 1150. The van der Waals surface area contributed by atoms with E-state index in [9.17, 15) is 4.79 Å². The van der Waals surface area contributed by atoms with E-state index < -0.39 is 5.91 Å². The lowest BCUT2D eigenvalue weighted by atomic mass is 10.1. The summed E-state index contributed by atoms with van der Waals surface area (Å²) in [6.45, 7) is 0. The highest BCUT2D eigenvalue weighted by Gasteiger charge is 2.20. The van der Waals surface area contributed by atoms with Crippen LogP contribution in [0.5, 0.6) is 5.75 Å². The minimum Gasteiger partial charge on any atom is -0.494 e. The van der Waals surface area contributed by atoms with Crippen LogP contribution in [0.15, 0.2) is 54.6 Å². The number of nitrogens with one attached hydrogen (secondary N) is 2. The van der Waals surface area contributed by atoms with Gasteiger partial charge in [0.2, 0.25) is 0 Å². The molecule has 0 aliphatic heterocycles. The smallest absolute Gasteiger partial charge is 0.261 e. The average molecular weight is 443 g/mol. The highest BCUT2D eigenvalue weighted by Crippen LogP contribution is 2.37. The normalized spacial score (nSPS) is 11.4. The van der Waals surface area contributed by atoms with Gasteiger partial charge in [-0.2, -0.15) is 0 Å². The number of carbonyl (C=O) groups excluding carboxylic acids is 1. The summed E-state index contributed by atoms with van der Waals surface area (Å²) in [6, 6.07) is 17.4. The van der Waals surface area contributed by atoms with Crippen LogP contribution in [0.2, 0.25) is 10.0 Å². The van der Waals surface area contributed by atoms with Crippen molar-refractivity contribution in [2.24, 2.45) is 0 Å². The van der Waals surface area contributed by atoms with Crippen LogP contribution >= 0.6 is 35.4 Å². The number of hydrogen-bond donors (Lipinski definition) is 2. The molecule has 0 fully saturated rings. The third kappa shape index (κ3) is 3.94. The first-order chi connectivity index (χ1) is 14.0. The maximum Gasteiger partial charge on any atom is 0.261 e. The quantitative estimate of drug-likeness (QED) is 0.399. The zero-order chi connectivity index (χ0) is 20.5. The number of thiocarbonyl (C=S) groups is 1. The summed E-state index contributed by atoms with van der Waals surface area (Å²) >= 11 is 17.4. The molecule has 7 heteroatoms. The van der Waals surface area contributed by atoms with Crippen LogP contribution in [0.1, 0.15) is 21.5 Å². The van der Waals surface area contributed by atoms with Crippen LogP contribution in [0.25, 0.3) is 11.1 Å². The molecule has 0 saturated heterocycles. The molecule has 1 aliphatic carbocycles. The number of anilines is 1. The predicted molar refractivity (Wildman–Crippen MR) is 121 cm³/mol. The van der Waals surface area contributed by atoms with Crippen LogP contribution in [-0.4, -0.2) is 18.1 Å². The molecule has 3 aromatic carbocycles. The van der Waals surface area contributed by atoms with E-state index in [2.05, 4.69) is 28.8 Å². The second-order valence-electron chi connectivity index (χ2n) is 6.58. The molecule has 4 nitrogen and oxygen atoms in total. The summed E-state index contributed by atoms with van der Waals surface area (Å²) < 4.78 is 5.22. The van der Waals surface area contributed by atoms with Gasteiger partial charge in [-0.15, -0.1) is 0 Å². The van der Waals surface area contributed by atoms with Crippen molar-refractivity contribution in [3.63, 3.8) is 0 Å². The third-order valence-corrected chi connectivity index (χ3v) is 5.44. The number of benzene rings is 3. The van der Waals surface area contributed by atoms with Crippen LogP contribution in [0, 0.1) is 0 Å². The Hall–Kier alpha value is -2.60. The van der Waals surface area contributed by atoms with Gasteiger partial charge in [0.25, 0.3) is 5.91 Å². The van der Waals surface area contributed by atoms with Crippen LogP contribution in [0.4, 0.5) is 5.69 Å². The lowest BCUT2D eigenvalue weighted by Crippen LogP contribution is -2.34. The Morgan fingerprint density at radius 2 is 1.79 bits per heavy atom. The van der Waals surface area contributed by atoms with Crippen LogP contribution in [-0.2, 0) is 6.42 Å². The van der Waals surface area contributed by atoms with Gasteiger partial charge in [0, 0.05) is 10.7 Å². The molecule has 1 amide bonds. The molecule has 0 aromatic heterocycles. The third-order valence-electron chi connectivity index (χ3n) is 4.74. The maximum atomic E-state index is 12.6. The lowest BCUT2D eigenvalue weighted by molar-refractivity contribution is 0.0975. The molecule has 2 N–H and O–H groups in total. The first-order valence-corrected chi connectivity index (χ1v) is 9.99. The van der Waals surface area contributed by atoms with Gasteiger partial charge in [-0.3, -0.25) is 10.1 Å². The van der Waals surface area contributed by atoms with Gasteiger partial charge in [-0.25, -0.2) is 0 Å². The van der Waals surface area contributed by atoms with E-state index in [0.717, 1.165) is 12.1 Å². The summed E-state index contributed by atoms with van der Waals surface area (Å²) in [5.74, 6) is -0.219. The summed E-state index contributed by atoms with van der Waals surface area (Å²) in [6.07, 6.45) is 0.873. The minimum absolute atomic E-state index is 0.170. The molecule has 0 bridgehead atoms. The SMILES string of the molecule is COc1c(Cl)cc(Cl)cc1C(=O)NC(=S)Nc1ccc2c(c1)Cc1ccccc1-2. The highest BCUT2D eigenvalue weighted by molar-refractivity contribution is 7.80. The Labute approximate surface area is 183 Å². The fraction of sp³-hybridized carbons (Fsp3) is 0.0909. The van der Waals surface area contributed by atoms with E-state index in [4.69, 9.17) is 40.2 Å². The van der Waals surface area contributed by atoms with Crippen LogP contribution in [0.3, 0.4) is 0 Å². The summed E-state index contributed by atoms with van der Waals surface area (Å²) in [4.78, 5) is 12.6. The average Bonchev–Trinajstić information content (AvgIpc) is 3.05. The van der Waals surface area contributed by atoms with Gasteiger partial charge < -0.3 is 10.1 Å². The maximum absolute atomic E-state index is 12.6. The molecule has 0 unspecified atom stereocenters. The Balaban J connectivity index is 1.49. The van der Waals surface area contributed by atoms with E-state index in [1.54, 1.807) is 0 Å². The first kappa shape index (κ1) is 19.7. The highest BCUT2D eigenvalue weighted by atomic mass is 35.5. The molecule has 29 heavy (non-hydrogen) atoms. The van der Waals surface area contributed by atoms with Crippen LogP contribution < -0.4 is 15.4 Å². The molecule has 1 aliphatic rings. The monoisotopic (exact) mass is 442 g/mol. The molecular weight excluding hydrogens is 427 g/mol. The van der Waals surface area contributed by atoms with Crippen molar-refractivity contribution < 1.29 is 9.53 Å². The number of methoxy groups -OCH3 is 1. The molecule has 0 spiro atoms. The summed E-state index contributed by atoms with van der Waals surface area (Å²) in [5, 5.41) is 6.45. The Morgan fingerprint density at radius 1 is 1.03 bits per heavy atom. The zero-order valence-electron chi connectivity index (χ0n) is 15.4. The molecule has 3 aromatic rings. The number of carbonyl (C=O) groups is 1. The Kier molecular flexibility index (Phi) is 5.46. The van der Waals surface area contributed by atoms with E-state index in [-0.39, 0.29) is 21.4 Å². The number of fused-ring (bicyclic) bond motifs is 3. The molecule has 4 rings (SSSR count). The molecular formula is C22H16Cl2N2O2S. The fourth-order valence-electron chi connectivity index (χ4n) is 3.49. The molecule has 146 valence electrons. The number of halogens is 2. The molecule has 0 radical (unpaired) electrons. The number of amides is 1. The first-order valence-electron chi connectivity index (χ1n) is 8.83. The van der Waals surface area contributed by atoms with E-state index in [1.807, 2.05) is 24.3 Å². The molecule has 0 saturated carbocycles.